The first-order chi connectivity index (χ1) is 9.70. The highest BCUT2D eigenvalue weighted by molar-refractivity contribution is 6.30. The third-order valence-corrected chi connectivity index (χ3v) is 3.05. The zero-order chi connectivity index (χ0) is 13.9. The van der Waals surface area contributed by atoms with Crippen molar-refractivity contribution in [1.82, 2.24) is 4.98 Å². The molecule has 0 aliphatic carbocycles. The molecule has 0 bridgehead atoms. The first-order valence-electron chi connectivity index (χ1n) is 5.99. The van der Waals surface area contributed by atoms with Crippen LogP contribution in [0.4, 0.5) is 0 Å². The van der Waals surface area contributed by atoms with Gasteiger partial charge in [-0.25, -0.2) is 4.98 Å². The summed E-state index contributed by atoms with van der Waals surface area (Å²) in [6.45, 7) is 0. The number of carbonyl (C=O) groups is 1. The maximum Gasteiger partial charge on any atom is 0.315 e. The summed E-state index contributed by atoms with van der Waals surface area (Å²) in [6, 6.07) is 12.1. The molecular weight excluding hydrogens is 278 g/mol. The lowest BCUT2D eigenvalue weighted by Gasteiger charge is -2.04. The van der Waals surface area contributed by atoms with E-state index in [1.807, 2.05) is 0 Å². The Morgan fingerprint density at radius 3 is 2.80 bits per heavy atom. The van der Waals surface area contributed by atoms with Crippen LogP contribution in [0.3, 0.4) is 0 Å². The molecule has 100 valence electrons. The second kappa shape index (κ2) is 5.35. The van der Waals surface area contributed by atoms with Gasteiger partial charge in [0.25, 0.3) is 0 Å². The summed E-state index contributed by atoms with van der Waals surface area (Å²) >= 11 is 5.79. The predicted molar refractivity (Wildman–Crippen MR) is 74.8 cm³/mol. The number of fused-ring (bicyclic) bond motifs is 1. The van der Waals surface area contributed by atoms with E-state index in [4.69, 9.17) is 20.8 Å². The van der Waals surface area contributed by atoms with Crippen molar-refractivity contribution in [2.45, 2.75) is 6.42 Å². The van der Waals surface area contributed by atoms with Crippen molar-refractivity contribution in [2.75, 3.05) is 0 Å². The number of nitrogens with zero attached hydrogens (tertiary/aromatic N) is 1. The van der Waals surface area contributed by atoms with Crippen molar-refractivity contribution in [2.24, 2.45) is 0 Å². The SMILES string of the molecule is O=C(Cc1ccc(Cl)cc1)Oc1ccc2ocnc2c1. The van der Waals surface area contributed by atoms with Crippen LogP contribution in [0.1, 0.15) is 5.56 Å². The van der Waals surface area contributed by atoms with Crippen LogP contribution in [-0.2, 0) is 11.2 Å². The average molecular weight is 288 g/mol. The Hall–Kier alpha value is -2.33. The van der Waals surface area contributed by atoms with Gasteiger partial charge in [-0.1, -0.05) is 23.7 Å². The molecular formula is C15H10ClNO3. The topological polar surface area (TPSA) is 52.3 Å². The van der Waals surface area contributed by atoms with Crippen molar-refractivity contribution >= 4 is 28.7 Å². The highest BCUT2D eigenvalue weighted by Crippen LogP contribution is 2.20. The van der Waals surface area contributed by atoms with Gasteiger partial charge in [0.2, 0.25) is 0 Å². The van der Waals surface area contributed by atoms with Crippen LogP contribution in [0.5, 0.6) is 5.75 Å². The Kier molecular flexibility index (Phi) is 3.39. The minimum atomic E-state index is -0.338. The molecule has 3 rings (SSSR count). The quantitative estimate of drug-likeness (QED) is 0.545. The largest absolute Gasteiger partial charge is 0.443 e. The number of halogens is 1. The monoisotopic (exact) mass is 287 g/mol. The molecule has 0 unspecified atom stereocenters. The molecule has 0 atom stereocenters. The molecule has 0 saturated heterocycles. The summed E-state index contributed by atoms with van der Waals surface area (Å²) < 4.78 is 10.4. The number of esters is 1. The molecule has 5 heteroatoms. The molecule has 20 heavy (non-hydrogen) atoms. The van der Waals surface area contributed by atoms with Gasteiger partial charge in [0.05, 0.1) is 6.42 Å². The van der Waals surface area contributed by atoms with Crippen molar-refractivity contribution in [3.8, 4) is 5.75 Å². The van der Waals surface area contributed by atoms with Gasteiger partial charge < -0.3 is 9.15 Å². The Labute approximate surface area is 119 Å². The molecule has 4 nitrogen and oxygen atoms in total. The van der Waals surface area contributed by atoms with Crippen LogP contribution in [0.25, 0.3) is 11.1 Å². The molecule has 0 aliphatic heterocycles. The first-order valence-corrected chi connectivity index (χ1v) is 6.37. The van der Waals surface area contributed by atoms with Gasteiger partial charge in [-0.2, -0.15) is 0 Å². The van der Waals surface area contributed by atoms with E-state index >= 15 is 0 Å². The lowest BCUT2D eigenvalue weighted by molar-refractivity contribution is -0.133. The Morgan fingerprint density at radius 1 is 1.20 bits per heavy atom. The second-order valence-electron chi connectivity index (χ2n) is 4.26. The minimum absolute atomic E-state index is 0.189. The molecule has 0 amide bonds. The summed E-state index contributed by atoms with van der Waals surface area (Å²) in [5.41, 5.74) is 2.16. The number of rotatable bonds is 3. The second-order valence-corrected chi connectivity index (χ2v) is 4.70. The maximum absolute atomic E-state index is 11.8. The molecule has 0 fully saturated rings. The van der Waals surface area contributed by atoms with Crippen molar-refractivity contribution in [3.05, 3.63) is 59.4 Å². The van der Waals surface area contributed by atoms with Crippen LogP contribution in [-0.4, -0.2) is 11.0 Å². The number of hydrogen-bond donors (Lipinski definition) is 0. The average Bonchev–Trinajstić information content (AvgIpc) is 2.89. The molecule has 0 saturated carbocycles. The Balaban J connectivity index is 1.70. The zero-order valence-electron chi connectivity index (χ0n) is 10.4. The maximum atomic E-state index is 11.8. The van der Waals surface area contributed by atoms with Crippen LogP contribution < -0.4 is 4.74 Å². The summed E-state index contributed by atoms with van der Waals surface area (Å²) in [7, 11) is 0. The molecule has 1 heterocycles. The van der Waals surface area contributed by atoms with E-state index in [1.165, 1.54) is 6.39 Å². The summed E-state index contributed by atoms with van der Waals surface area (Å²) in [5.74, 6) is 0.112. The number of benzene rings is 2. The molecule has 0 aliphatic rings. The number of oxazole rings is 1. The van der Waals surface area contributed by atoms with Gasteiger partial charge in [0.1, 0.15) is 11.3 Å². The fourth-order valence-electron chi connectivity index (χ4n) is 1.84. The van der Waals surface area contributed by atoms with Gasteiger partial charge in [-0.15, -0.1) is 0 Å². The number of carbonyl (C=O) groups excluding carboxylic acids is 1. The number of ether oxygens (including phenoxy) is 1. The molecule has 0 N–H and O–H groups in total. The van der Waals surface area contributed by atoms with Crippen molar-refractivity contribution in [1.29, 1.82) is 0 Å². The summed E-state index contributed by atoms with van der Waals surface area (Å²) in [5, 5.41) is 0.638. The molecule has 0 radical (unpaired) electrons. The van der Waals surface area contributed by atoms with Crippen LogP contribution in [0.2, 0.25) is 5.02 Å². The zero-order valence-corrected chi connectivity index (χ0v) is 11.1. The van der Waals surface area contributed by atoms with Crippen LogP contribution >= 0.6 is 11.6 Å². The lowest BCUT2D eigenvalue weighted by atomic mass is 10.1. The van der Waals surface area contributed by atoms with E-state index in [-0.39, 0.29) is 12.4 Å². The van der Waals surface area contributed by atoms with Crippen molar-refractivity contribution in [3.63, 3.8) is 0 Å². The predicted octanol–water partition coefficient (Wildman–Crippen LogP) is 3.63. The Bertz CT molecular complexity index is 749. The third-order valence-electron chi connectivity index (χ3n) is 2.80. The van der Waals surface area contributed by atoms with E-state index in [0.29, 0.717) is 21.9 Å². The third kappa shape index (κ3) is 2.81. The first kappa shape index (κ1) is 12.7. The fraction of sp³-hybridized carbons (Fsp3) is 0.0667. The standard InChI is InChI=1S/C15H10ClNO3/c16-11-3-1-10(2-4-11)7-15(18)20-12-5-6-14-13(8-12)17-9-19-14/h1-6,8-9H,7H2. The number of aromatic nitrogens is 1. The normalized spacial score (nSPS) is 10.7. The van der Waals surface area contributed by atoms with Gasteiger partial charge in [-0.05, 0) is 29.8 Å². The lowest BCUT2D eigenvalue weighted by Crippen LogP contribution is -2.11. The van der Waals surface area contributed by atoms with Gasteiger partial charge >= 0.3 is 5.97 Å². The van der Waals surface area contributed by atoms with Crippen LogP contribution in [0, 0.1) is 0 Å². The fourth-order valence-corrected chi connectivity index (χ4v) is 1.96. The van der Waals surface area contributed by atoms with Gasteiger partial charge in [0.15, 0.2) is 12.0 Å². The van der Waals surface area contributed by atoms with Crippen LogP contribution in [0.15, 0.2) is 53.3 Å². The number of hydrogen-bond acceptors (Lipinski definition) is 4. The van der Waals surface area contributed by atoms with E-state index in [9.17, 15) is 4.79 Å². The van der Waals surface area contributed by atoms with Crippen molar-refractivity contribution < 1.29 is 13.9 Å². The summed E-state index contributed by atoms with van der Waals surface area (Å²) in [4.78, 5) is 15.8. The highest BCUT2D eigenvalue weighted by Gasteiger charge is 2.08. The van der Waals surface area contributed by atoms with E-state index in [2.05, 4.69) is 4.98 Å². The minimum Gasteiger partial charge on any atom is -0.443 e. The molecule has 2 aromatic carbocycles. The Morgan fingerprint density at radius 2 is 2.00 bits per heavy atom. The summed E-state index contributed by atoms with van der Waals surface area (Å²) in [6.07, 6.45) is 1.54. The van der Waals surface area contributed by atoms with E-state index in [0.717, 1.165) is 5.56 Å². The smallest absolute Gasteiger partial charge is 0.315 e. The van der Waals surface area contributed by atoms with Gasteiger partial charge in [-0.3, -0.25) is 4.79 Å². The highest BCUT2D eigenvalue weighted by atomic mass is 35.5. The van der Waals surface area contributed by atoms with E-state index < -0.39 is 0 Å². The molecule has 3 aromatic rings. The van der Waals surface area contributed by atoms with E-state index in [1.54, 1.807) is 42.5 Å². The molecule has 1 aromatic heterocycles. The van der Waals surface area contributed by atoms with Gasteiger partial charge in [0, 0.05) is 11.1 Å². The molecule has 0 spiro atoms.